The van der Waals surface area contributed by atoms with E-state index in [1.54, 1.807) is 5.70 Å². The number of rotatable bonds is 12. The summed E-state index contributed by atoms with van der Waals surface area (Å²) in [5.74, 6) is 0. The Balaban J connectivity index is 0. The van der Waals surface area contributed by atoms with Gasteiger partial charge in [-0.15, -0.1) is 6.58 Å². The first-order valence-electron chi connectivity index (χ1n) is 8.92. The monoisotopic (exact) mass is 424 g/mol. The van der Waals surface area contributed by atoms with Gasteiger partial charge in [-0.05, 0) is 65.8 Å². The summed E-state index contributed by atoms with van der Waals surface area (Å²) in [5.41, 5.74) is 3.56. The van der Waals surface area contributed by atoms with E-state index < -0.39 is 34.7 Å². The Hall–Kier alpha value is 0.148. The maximum Gasteiger partial charge on any atom is 0.528 e. The van der Waals surface area contributed by atoms with Crippen molar-refractivity contribution in [3.05, 3.63) is 24.6 Å². The average Bonchev–Trinajstić information content (AvgIpc) is 2.45. The molecule has 0 aliphatic carbocycles. The number of hydrogen-bond donors (Lipinski definition) is 0. The van der Waals surface area contributed by atoms with E-state index >= 15 is 0 Å². The molecule has 0 aromatic carbocycles. The molecule has 0 fully saturated rings. The van der Waals surface area contributed by atoms with E-state index in [9.17, 15) is 0 Å². The van der Waals surface area contributed by atoms with Gasteiger partial charge in [0.25, 0.3) is 0 Å². The van der Waals surface area contributed by atoms with E-state index in [4.69, 9.17) is 21.5 Å². The highest BCUT2D eigenvalue weighted by Crippen LogP contribution is 2.12. The lowest BCUT2D eigenvalue weighted by Crippen LogP contribution is -2.44. The van der Waals surface area contributed by atoms with Crippen molar-refractivity contribution in [1.82, 2.24) is 0 Å². The quantitative estimate of drug-likeness (QED) is 0.435. The molecule has 0 atom stereocenters. The Kier molecular flexibility index (Phi) is 14.6. The zero-order chi connectivity index (χ0) is 20.1. The third-order valence-electron chi connectivity index (χ3n) is 2.42. The number of hydrogen-bond acceptors (Lipinski definition) is 5. The van der Waals surface area contributed by atoms with Gasteiger partial charge >= 0.3 is 18.1 Å². The highest BCUT2D eigenvalue weighted by atomic mass is 28.4. The van der Waals surface area contributed by atoms with E-state index in [2.05, 4.69) is 52.4 Å². The van der Waals surface area contributed by atoms with Crippen LogP contribution in [-0.4, -0.2) is 54.5 Å². The van der Waals surface area contributed by atoms with E-state index in [0.717, 1.165) is 0 Å². The predicted octanol–water partition coefficient (Wildman–Crippen LogP) is 4.40. The van der Waals surface area contributed by atoms with Crippen molar-refractivity contribution in [2.24, 2.45) is 0 Å². The average molecular weight is 425 g/mol. The van der Waals surface area contributed by atoms with Gasteiger partial charge < -0.3 is 21.5 Å². The molecule has 150 valence electrons. The highest BCUT2D eigenvalue weighted by Gasteiger charge is 2.36. The van der Waals surface area contributed by atoms with Crippen LogP contribution in [0.3, 0.4) is 0 Å². The minimum atomic E-state index is -2.51. The van der Waals surface area contributed by atoms with Crippen LogP contribution in [0.1, 0.15) is 20.8 Å². The molecule has 0 amide bonds. The van der Waals surface area contributed by atoms with Crippen LogP contribution in [0.25, 0.3) is 0 Å². The summed E-state index contributed by atoms with van der Waals surface area (Å²) in [5, 5.41) is 0. The molecule has 0 aliphatic heterocycles. The maximum absolute atomic E-state index is 5.94. The summed E-state index contributed by atoms with van der Waals surface area (Å²) in [6.07, 6.45) is 0. The second-order valence-corrected chi connectivity index (χ2v) is 21.2. The van der Waals surface area contributed by atoms with Gasteiger partial charge in [-0.1, -0.05) is 12.3 Å². The van der Waals surface area contributed by atoms with Crippen molar-refractivity contribution < 1.29 is 21.5 Å². The van der Waals surface area contributed by atoms with Gasteiger partial charge in [-0.3, -0.25) is 0 Å². The Morgan fingerprint density at radius 2 is 1.04 bits per heavy atom. The molecule has 25 heavy (non-hydrogen) atoms. The van der Waals surface area contributed by atoms with Crippen LogP contribution in [0.2, 0.25) is 39.3 Å². The summed E-state index contributed by atoms with van der Waals surface area (Å²) in [6, 6.07) is 0. The Bertz CT molecular complexity index is 333. The molecule has 0 saturated heterocycles. The van der Waals surface area contributed by atoms with Gasteiger partial charge in [0.05, 0.1) is 0 Å². The van der Waals surface area contributed by atoms with Crippen LogP contribution in [-0.2, 0) is 21.5 Å². The Morgan fingerprint density at radius 3 is 1.20 bits per heavy atom. The molecule has 0 spiro atoms. The zero-order valence-electron chi connectivity index (χ0n) is 17.8. The lowest BCUT2D eigenvalue weighted by Gasteiger charge is -2.28. The van der Waals surface area contributed by atoms with E-state index in [1.165, 1.54) is 0 Å². The Morgan fingerprint density at radius 1 is 0.720 bits per heavy atom. The third kappa shape index (κ3) is 16.1. The van der Waals surface area contributed by atoms with Crippen molar-refractivity contribution in [2.75, 3.05) is 19.8 Å². The molecular formula is C16H40O5Si4. The minimum absolute atomic E-state index is 0.595. The summed E-state index contributed by atoms with van der Waals surface area (Å²) in [6.45, 7) is 28.1. The van der Waals surface area contributed by atoms with Crippen LogP contribution >= 0.6 is 0 Å². The lowest BCUT2D eigenvalue weighted by atomic mass is 10.9. The van der Waals surface area contributed by atoms with Crippen LogP contribution in [0.5, 0.6) is 0 Å². The van der Waals surface area contributed by atoms with Crippen LogP contribution in [0, 0.1) is 0 Å². The first-order valence-corrected chi connectivity index (χ1v) is 19.1. The second kappa shape index (κ2) is 13.3. The van der Waals surface area contributed by atoms with Gasteiger partial charge in [-0.25, -0.2) is 0 Å². The van der Waals surface area contributed by atoms with E-state index in [-0.39, 0.29) is 0 Å². The molecule has 0 unspecified atom stereocenters. The maximum atomic E-state index is 5.94. The largest absolute Gasteiger partial charge is 0.528 e. The summed E-state index contributed by atoms with van der Waals surface area (Å²) >= 11 is 0. The van der Waals surface area contributed by atoms with Crippen molar-refractivity contribution in [3.8, 4) is 0 Å². The van der Waals surface area contributed by atoms with Gasteiger partial charge in [0.15, 0.2) is 16.6 Å². The predicted molar refractivity (Wildman–Crippen MR) is 117 cm³/mol. The van der Waals surface area contributed by atoms with Gasteiger partial charge in [0, 0.05) is 19.8 Å². The molecule has 0 saturated carbocycles. The summed E-state index contributed by atoms with van der Waals surface area (Å²) < 4.78 is 28.2. The molecule has 0 bridgehead atoms. The van der Waals surface area contributed by atoms with Gasteiger partial charge in [0.1, 0.15) is 0 Å². The smallest absolute Gasteiger partial charge is 0.436 e. The molecule has 0 N–H and O–H groups in total. The fraction of sp³-hybridized carbons (Fsp3) is 0.750. The molecule has 0 aromatic heterocycles. The molecule has 0 aromatic rings. The molecule has 5 nitrogen and oxygen atoms in total. The molecule has 0 aliphatic rings. The molecule has 0 rings (SSSR count). The highest BCUT2D eigenvalue weighted by molar-refractivity contribution is 6.82. The van der Waals surface area contributed by atoms with Gasteiger partial charge in [0.2, 0.25) is 0 Å². The zero-order valence-corrected chi connectivity index (χ0v) is 22.0. The van der Waals surface area contributed by atoms with Gasteiger partial charge in [-0.2, -0.15) is 0 Å². The van der Waals surface area contributed by atoms with Crippen LogP contribution in [0.15, 0.2) is 24.6 Å². The summed E-state index contributed by atoms with van der Waals surface area (Å²) in [7, 11) is -6.99. The van der Waals surface area contributed by atoms with E-state index in [0.29, 0.717) is 19.8 Å². The van der Waals surface area contributed by atoms with Crippen LogP contribution < -0.4 is 0 Å². The lowest BCUT2D eigenvalue weighted by molar-refractivity contribution is 0.0844. The second-order valence-electron chi connectivity index (χ2n) is 7.17. The normalized spacial score (nSPS) is 12.6. The van der Waals surface area contributed by atoms with Crippen molar-refractivity contribution in [3.63, 3.8) is 0 Å². The minimum Gasteiger partial charge on any atom is -0.436 e. The SMILES string of the molecule is C=C[SiH](O[Si](C)(C)C)O[Si](C)(C)C.C=C[Si](OCC)(OCC)OCC. The standard InChI is InChI=1S/C8H18O3Si.C8H22O2Si3/c1-5-9-12(8-4,10-6-2)11-7-3;1-8-11(9-12(2,3)4)10-13(5,6)7/h8H,4-7H2,1-3H3;8,11H,1H2,2-7H3. The Labute approximate surface area is 160 Å². The molecule has 0 radical (unpaired) electrons. The first kappa shape index (κ1) is 27.4. The fourth-order valence-electron chi connectivity index (χ4n) is 1.72. The van der Waals surface area contributed by atoms with Crippen molar-refractivity contribution >= 4 is 34.7 Å². The van der Waals surface area contributed by atoms with Crippen molar-refractivity contribution in [1.29, 1.82) is 0 Å². The fourth-order valence-corrected chi connectivity index (χ4v) is 10.5. The van der Waals surface area contributed by atoms with Crippen LogP contribution in [0.4, 0.5) is 0 Å². The molecule has 0 heterocycles. The summed E-state index contributed by atoms with van der Waals surface area (Å²) in [4.78, 5) is 0. The third-order valence-corrected chi connectivity index (χ3v) is 12.9. The van der Waals surface area contributed by atoms with E-state index in [1.807, 2.05) is 26.5 Å². The molecule has 9 heteroatoms. The van der Waals surface area contributed by atoms with Crippen molar-refractivity contribution in [2.45, 2.75) is 60.1 Å². The first-order chi connectivity index (χ1) is 11.4. The molecular weight excluding hydrogens is 385 g/mol. The topological polar surface area (TPSA) is 46.2 Å².